The molecule has 0 aromatic rings. The summed E-state index contributed by atoms with van der Waals surface area (Å²) >= 11 is 0. The summed E-state index contributed by atoms with van der Waals surface area (Å²) in [7, 11) is 0. The molecule has 0 N–H and O–H groups in total. The largest absolute Gasteiger partial charge is 0.102 e. The molecule has 1 saturated carbocycles. The summed E-state index contributed by atoms with van der Waals surface area (Å²) in [5, 5.41) is 0. The summed E-state index contributed by atoms with van der Waals surface area (Å²) < 4.78 is 0. The van der Waals surface area contributed by atoms with Crippen molar-refractivity contribution in [3.05, 3.63) is 36.0 Å². The molecular weight excluding hydrogens is 180 g/mol. The first-order valence-corrected chi connectivity index (χ1v) is 6.08. The lowest BCUT2D eigenvalue weighted by molar-refractivity contribution is 0.545. The molecule has 0 aromatic carbocycles. The van der Waals surface area contributed by atoms with Crippen molar-refractivity contribution in [2.45, 2.75) is 46.5 Å². The lowest BCUT2D eigenvalue weighted by Gasteiger charge is -2.06. The summed E-state index contributed by atoms with van der Waals surface area (Å²) in [5.41, 5.74) is 3.05. The molecule has 1 rings (SSSR count). The van der Waals surface area contributed by atoms with Gasteiger partial charge in [-0.2, -0.15) is 0 Å². The fourth-order valence-corrected chi connectivity index (χ4v) is 1.77. The van der Waals surface area contributed by atoms with E-state index in [1.807, 2.05) is 0 Å². The van der Waals surface area contributed by atoms with Gasteiger partial charge in [0.1, 0.15) is 0 Å². The number of hydrogen-bond donors (Lipinski definition) is 0. The van der Waals surface area contributed by atoms with Gasteiger partial charge in [0.05, 0.1) is 0 Å². The predicted molar refractivity (Wildman–Crippen MR) is 68.8 cm³/mol. The van der Waals surface area contributed by atoms with E-state index in [4.69, 9.17) is 0 Å². The maximum Gasteiger partial charge on any atom is 0.00118 e. The van der Waals surface area contributed by atoms with Gasteiger partial charge in [-0.3, -0.25) is 0 Å². The van der Waals surface area contributed by atoms with Crippen LogP contribution in [0.15, 0.2) is 36.0 Å². The second-order valence-corrected chi connectivity index (χ2v) is 5.03. The highest BCUT2D eigenvalue weighted by Gasteiger charge is 2.24. The van der Waals surface area contributed by atoms with Crippen LogP contribution in [0, 0.1) is 11.8 Å². The van der Waals surface area contributed by atoms with E-state index in [9.17, 15) is 0 Å². The second kappa shape index (κ2) is 5.95. The lowest BCUT2D eigenvalue weighted by atomic mass is 10.0. The van der Waals surface area contributed by atoms with Gasteiger partial charge in [-0.05, 0) is 45.4 Å². The maximum absolute atomic E-state index is 3.82. The smallest absolute Gasteiger partial charge is 0.00118 e. The number of allylic oxidation sites excluding steroid dienone is 5. The molecule has 15 heavy (non-hydrogen) atoms. The summed E-state index contributed by atoms with van der Waals surface area (Å²) in [5.74, 6) is 1.54. The zero-order chi connectivity index (χ0) is 11.3. The Morgan fingerprint density at radius 3 is 2.80 bits per heavy atom. The lowest BCUT2D eigenvalue weighted by Crippen LogP contribution is -1.91. The highest BCUT2D eigenvalue weighted by atomic mass is 14.3. The zero-order valence-corrected chi connectivity index (χ0v) is 10.4. The molecule has 1 fully saturated rings. The molecule has 0 heterocycles. The van der Waals surface area contributed by atoms with Crippen LogP contribution in [0.2, 0.25) is 0 Å². The second-order valence-electron chi connectivity index (χ2n) is 5.03. The summed E-state index contributed by atoms with van der Waals surface area (Å²) in [4.78, 5) is 0. The normalized spacial score (nSPS) is 23.7. The van der Waals surface area contributed by atoms with Crippen LogP contribution in [0.25, 0.3) is 0 Å². The Labute approximate surface area is 94.8 Å². The Hall–Kier alpha value is -0.780. The van der Waals surface area contributed by atoms with Crippen LogP contribution >= 0.6 is 0 Å². The van der Waals surface area contributed by atoms with Crippen LogP contribution in [0.4, 0.5) is 0 Å². The van der Waals surface area contributed by atoms with Crippen molar-refractivity contribution in [1.82, 2.24) is 0 Å². The van der Waals surface area contributed by atoms with E-state index in [1.165, 1.54) is 31.3 Å². The van der Waals surface area contributed by atoms with Crippen molar-refractivity contribution < 1.29 is 0 Å². The van der Waals surface area contributed by atoms with Crippen LogP contribution in [0.5, 0.6) is 0 Å². The Bertz CT molecular complexity index is 264. The minimum atomic E-state index is 0.720. The minimum absolute atomic E-state index is 0.720. The minimum Gasteiger partial charge on any atom is -0.102 e. The molecule has 0 bridgehead atoms. The van der Waals surface area contributed by atoms with E-state index in [0.717, 1.165) is 11.8 Å². The first kappa shape index (κ1) is 12.3. The molecule has 1 aliphatic rings. The third kappa shape index (κ3) is 5.01. The van der Waals surface area contributed by atoms with Gasteiger partial charge in [0.25, 0.3) is 0 Å². The van der Waals surface area contributed by atoms with Gasteiger partial charge in [-0.1, -0.05) is 36.3 Å². The van der Waals surface area contributed by atoms with Gasteiger partial charge >= 0.3 is 0 Å². The molecule has 2 atom stereocenters. The SMILES string of the molecule is C=CC1CC1=CCCC(C)CC=C(C)C. The van der Waals surface area contributed by atoms with Crippen LogP contribution < -0.4 is 0 Å². The fraction of sp³-hybridized carbons (Fsp3) is 0.600. The van der Waals surface area contributed by atoms with Crippen molar-refractivity contribution >= 4 is 0 Å². The molecule has 84 valence electrons. The van der Waals surface area contributed by atoms with Crippen molar-refractivity contribution in [2.75, 3.05) is 0 Å². The molecule has 2 unspecified atom stereocenters. The Kier molecular flexibility index (Phi) is 4.87. The Morgan fingerprint density at radius 1 is 1.53 bits per heavy atom. The standard InChI is InChI=1S/C15H24/c1-5-14-11-15(14)8-6-7-13(4)10-9-12(2)3/h5,8-9,13-14H,1,6-7,10-11H2,2-4H3. The zero-order valence-electron chi connectivity index (χ0n) is 10.4. The topological polar surface area (TPSA) is 0 Å². The number of hydrogen-bond acceptors (Lipinski definition) is 0. The molecular formula is C15H24. The van der Waals surface area contributed by atoms with Crippen LogP contribution in [0.3, 0.4) is 0 Å². The van der Waals surface area contributed by atoms with Crippen LogP contribution in [0.1, 0.15) is 46.5 Å². The van der Waals surface area contributed by atoms with Crippen molar-refractivity contribution in [3.63, 3.8) is 0 Å². The summed E-state index contributed by atoms with van der Waals surface area (Å²) in [6, 6.07) is 0. The van der Waals surface area contributed by atoms with E-state index < -0.39 is 0 Å². The molecule has 0 saturated heterocycles. The van der Waals surface area contributed by atoms with Gasteiger partial charge < -0.3 is 0 Å². The molecule has 0 radical (unpaired) electrons. The third-order valence-electron chi connectivity index (χ3n) is 3.05. The van der Waals surface area contributed by atoms with Crippen molar-refractivity contribution in [1.29, 1.82) is 0 Å². The van der Waals surface area contributed by atoms with Crippen molar-refractivity contribution in [2.24, 2.45) is 11.8 Å². The Morgan fingerprint density at radius 2 is 2.27 bits per heavy atom. The fourth-order valence-electron chi connectivity index (χ4n) is 1.77. The molecule has 0 nitrogen and oxygen atoms in total. The maximum atomic E-state index is 3.82. The molecule has 0 spiro atoms. The van der Waals surface area contributed by atoms with Gasteiger partial charge in [-0.25, -0.2) is 0 Å². The average Bonchev–Trinajstić information content (AvgIpc) is 2.93. The molecule has 1 aliphatic carbocycles. The van der Waals surface area contributed by atoms with Gasteiger partial charge in [0.2, 0.25) is 0 Å². The average molecular weight is 204 g/mol. The van der Waals surface area contributed by atoms with Gasteiger partial charge in [-0.15, -0.1) is 6.58 Å². The van der Waals surface area contributed by atoms with E-state index >= 15 is 0 Å². The summed E-state index contributed by atoms with van der Waals surface area (Å²) in [6.45, 7) is 10.5. The van der Waals surface area contributed by atoms with Gasteiger partial charge in [0.15, 0.2) is 0 Å². The van der Waals surface area contributed by atoms with E-state index in [0.29, 0.717) is 0 Å². The van der Waals surface area contributed by atoms with Crippen LogP contribution in [-0.2, 0) is 0 Å². The third-order valence-corrected chi connectivity index (χ3v) is 3.05. The monoisotopic (exact) mass is 204 g/mol. The molecule has 0 aliphatic heterocycles. The first-order valence-electron chi connectivity index (χ1n) is 6.08. The summed E-state index contributed by atoms with van der Waals surface area (Å²) in [6.07, 6.45) is 11.9. The first-order chi connectivity index (χ1) is 7.13. The van der Waals surface area contributed by atoms with Crippen LogP contribution in [-0.4, -0.2) is 0 Å². The molecule has 0 aromatic heterocycles. The van der Waals surface area contributed by atoms with Crippen molar-refractivity contribution in [3.8, 4) is 0 Å². The highest BCUT2D eigenvalue weighted by molar-refractivity contribution is 5.28. The van der Waals surface area contributed by atoms with E-state index in [-0.39, 0.29) is 0 Å². The number of rotatable bonds is 6. The van der Waals surface area contributed by atoms with E-state index in [2.05, 4.69) is 45.6 Å². The quantitative estimate of drug-likeness (QED) is 0.540. The predicted octanol–water partition coefficient (Wildman–Crippen LogP) is 4.89. The van der Waals surface area contributed by atoms with E-state index in [1.54, 1.807) is 5.57 Å². The van der Waals surface area contributed by atoms with Gasteiger partial charge in [0, 0.05) is 5.92 Å². The Balaban J connectivity index is 2.13. The molecule has 0 amide bonds. The molecule has 0 heteroatoms. The highest BCUT2D eigenvalue weighted by Crippen LogP contribution is 2.38.